The third kappa shape index (κ3) is 3.55. The summed E-state index contributed by atoms with van der Waals surface area (Å²) in [5.74, 6) is 0.961. The van der Waals surface area contributed by atoms with E-state index in [9.17, 15) is 13.2 Å². The summed E-state index contributed by atoms with van der Waals surface area (Å²) in [6, 6.07) is 0.0142. The average Bonchev–Trinajstić information content (AvgIpc) is 3.11. The van der Waals surface area contributed by atoms with Gasteiger partial charge in [-0.05, 0) is 20.3 Å². The predicted molar refractivity (Wildman–Crippen MR) is 82.4 cm³/mol. The lowest BCUT2D eigenvalue weighted by molar-refractivity contribution is -0.136. The topological polar surface area (TPSA) is 96.6 Å². The zero-order valence-electron chi connectivity index (χ0n) is 13.4. The Hall–Kier alpha value is -1.48. The Morgan fingerprint density at radius 2 is 2.00 bits per heavy atom. The molecule has 2 aliphatic heterocycles. The van der Waals surface area contributed by atoms with Crippen LogP contribution in [-0.4, -0.2) is 72.0 Å². The number of hydrogen-bond donors (Lipinski definition) is 0. The molecule has 2 saturated heterocycles. The van der Waals surface area contributed by atoms with Gasteiger partial charge >= 0.3 is 0 Å². The second kappa shape index (κ2) is 6.20. The molecule has 1 aromatic heterocycles. The lowest BCUT2D eigenvalue weighted by Crippen LogP contribution is -2.51. The standard InChI is InChI=1S/C14H22N4O4S/c1-10(13-15-11(2)16-22-13)17-4-6-18(7-5-17)14(19)12-3-8-23(20,21)9-12/h10,12H,3-9H2,1-2H3. The molecule has 2 fully saturated rings. The molecule has 2 atom stereocenters. The van der Waals surface area contributed by atoms with E-state index >= 15 is 0 Å². The van der Waals surface area contributed by atoms with Gasteiger partial charge in [0.25, 0.3) is 0 Å². The van der Waals surface area contributed by atoms with Crippen molar-refractivity contribution in [1.29, 1.82) is 0 Å². The summed E-state index contributed by atoms with van der Waals surface area (Å²) < 4.78 is 28.3. The molecule has 3 rings (SSSR count). The summed E-state index contributed by atoms with van der Waals surface area (Å²) in [5, 5.41) is 3.81. The third-order valence-electron chi connectivity index (χ3n) is 4.66. The summed E-state index contributed by atoms with van der Waals surface area (Å²) in [6.45, 7) is 6.43. The van der Waals surface area contributed by atoms with E-state index in [1.807, 2.05) is 6.92 Å². The van der Waals surface area contributed by atoms with Crippen LogP contribution in [0.15, 0.2) is 4.52 Å². The zero-order valence-corrected chi connectivity index (χ0v) is 14.3. The van der Waals surface area contributed by atoms with Gasteiger partial charge in [-0.1, -0.05) is 5.16 Å². The second-order valence-electron chi connectivity index (χ2n) is 6.32. The van der Waals surface area contributed by atoms with Gasteiger partial charge in [0.1, 0.15) is 0 Å². The first-order valence-electron chi connectivity index (χ1n) is 7.89. The van der Waals surface area contributed by atoms with Crippen molar-refractivity contribution in [3.8, 4) is 0 Å². The van der Waals surface area contributed by atoms with Crippen molar-refractivity contribution in [1.82, 2.24) is 19.9 Å². The summed E-state index contributed by atoms with van der Waals surface area (Å²) >= 11 is 0. The lowest BCUT2D eigenvalue weighted by Gasteiger charge is -2.37. The van der Waals surface area contributed by atoms with Crippen LogP contribution in [0.2, 0.25) is 0 Å². The van der Waals surface area contributed by atoms with Crippen molar-refractivity contribution >= 4 is 15.7 Å². The Morgan fingerprint density at radius 3 is 2.52 bits per heavy atom. The molecule has 1 amide bonds. The Balaban J connectivity index is 1.55. The van der Waals surface area contributed by atoms with Gasteiger partial charge in [-0.2, -0.15) is 4.98 Å². The number of amides is 1. The van der Waals surface area contributed by atoms with Crippen LogP contribution in [0.5, 0.6) is 0 Å². The Labute approximate surface area is 135 Å². The van der Waals surface area contributed by atoms with Crippen molar-refractivity contribution in [2.24, 2.45) is 5.92 Å². The van der Waals surface area contributed by atoms with E-state index in [0.29, 0.717) is 44.3 Å². The van der Waals surface area contributed by atoms with Gasteiger partial charge in [-0.3, -0.25) is 9.69 Å². The minimum Gasteiger partial charge on any atom is -0.340 e. The SMILES string of the molecule is Cc1noc(C(C)N2CCN(C(=O)C3CCS(=O)(=O)C3)CC2)n1. The lowest BCUT2D eigenvalue weighted by atomic mass is 10.1. The molecule has 0 spiro atoms. The van der Waals surface area contributed by atoms with E-state index in [4.69, 9.17) is 4.52 Å². The van der Waals surface area contributed by atoms with E-state index in [-0.39, 0.29) is 29.4 Å². The quantitative estimate of drug-likeness (QED) is 0.764. The molecule has 0 saturated carbocycles. The van der Waals surface area contributed by atoms with Gasteiger partial charge in [0.2, 0.25) is 11.8 Å². The number of nitrogens with zero attached hydrogens (tertiary/aromatic N) is 4. The number of sulfone groups is 1. The van der Waals surface area contributed by atoms with Crippen molar-refractivity contribution in [2.75, 3.05) is 37.7 Å². The maximum atomic E-state index is 12.4. The van der Waals surface area contributed by atoms with Crippen LogP contribution >= 0.6 is 0 Å². The fraction of sp³-hybridized carbons (Fsp3) is 0.786. The first-order chi connectivity index (χ1) is 10.9. The fourth-order valence-corrected chi connectivity index (χ4v) is 4.95. The zero-order chi connectivity index (χ0) is 16.6. The largest absolute Gasteiger partial charge is 0.340 e. The molecule has 8 nitrogen and oxygen atoms in total. The molecule has 0 radical (unpaired) electrons. The Bertz CT molecular complexity index is 679. The normalized spacial score (nSPS) is 26.3. The first-order valence-corrected chi connectivity index (χ1v) is 9.71. The molecule has 0 aromatic carbocycles. The molecule has 1 aromatic rings. The third-order valence-corrected chi connectivity index (χ3v) is 6.42. The highest BCUT2D eigenvalue weighted by Gasteiger charge is 2.36. The minimum atomic E-state index is -3.02. The van der Waals surface area contributed by atoms with Crippen LogP contribution in [0.1, 0.15) is 31.1 Å². The number of piperazine rings is 1. The van der Waals surface area contributed by atoms with Crippen LogP contribution in [-0.2, 0) is 14.6 Å². The first kappa shape index (κ1) is 16.4. The van der Waals surface area contributed by atoms with Gasteiger partial charge in [-0.25, -0.2) is 8.42 Å². The molecule has 2 unspecified atom stereocenters. The fourth-order valence-electron chi connectivity index (χ4n) is 3.22. The van der Waals surface area contributed by atoms with Crippen molar-refractivity contribution in [3.63, 3.8) is 0 Å². The van der Waals surface area contributed by atoms with Crippen LogP contribution < -0.4 is 0 Å². The maximum absolute atomic E-state index is 12.4. The molecule has 3 heterocycles. The predicted octanol–water partition coefficient (Wildman–Crippen LogP) is 0.0179. The molecule has 0 N–H and O–H groups in total. The summed E-state index contributed by atoms with van der Waals surface area (Å²) in [5.41, 5.74) is 0. The van der Waals surface area contributed by atoms with Crippen LogP contribution in [0.4, 0.5) is 0 Å². The molecule has 0 bridgehead atoms. The number of hydrogen-bond acceptors (Lipinski definition) is 7. The molecular weight excluding hydrogens is 320 g/mol. The second-order valence-corrected chi connectivity index (χ2v) is 8.55. The highest BCUT2D eigenvalue weighted by Crippen LogP contribution is 2.24. The number of aryl methyl sites for hydroxylation is 1. The number of rotatable bonds is 3. The molecule has 0 aliphatic carbocycles. The Morgan fingerprint density at radius 1 is 1.30 bits per heavy atom. The monoisotopic (exact) mass is 342 g/mol. The summed E-state index contributed by atoms with van der Waals surface area (Å²) in [4.78, 5) is 20.7. The summed E-state index contributed by atoms with van der Waals surface area (Å²) in [7, 11) is -3.02. The number of aromatic nitrogens is 2. The van der Waals surface area contributed by atoms with E-state index in [1.54, 1.807) is 11.8 Å². The van der Waals surface area contributed by atoms with Gasteiger partial charge in [0, 0.05) is 26.2 Å². The summed E-state index contributed by atoms with van der Waals surface area (Å²) in [6.07, 6.45) is 0.457. The number of carbonyl (C=O) groups is 1. The van der Waals surface area contributed by atoms with Crippen LogP contribution in [0.25, 0.3) is 0 Å². The highest BCUT2D eigenvalue weighted by molar-refractivity contribution is 7.91. The van der Waals surface area contributed by atoms with E-state index in [1.165, 1.54) is 0 Å². The van der Waals surface area contributed by atoms with Gasteiger partial charge < -0.3 is 9.42 Å². The van der Waals surface area contributed by atoms with Crippen molar-refractivity contribution in [3.05, 3.63) is 11.7 Å². The van der Waals surface area contributed by atoms with Crippen LogP contribution in [0, 0.1) is 12.8 Å². The van der Waals surface area contributed by atoms with E-state index < -0.39 is 9.84 Å². The van der Waals surface area contributed by atoms with Crippen molar-refractivity contribution < 1.29 is 17.7 Å². The smallest absolute Gasteiger partial charge is 0.243 e. The molecular formula is C14H22N4O4S. The Kier molecular flexibility index (Phi) is 4.41. The number of carbonyl (C=O) groups excluding carboxylic acids is 1. The van der Waals surface area contributed by atoms with Crippen molar-refractivity contribution in [2.45, 2.75) is 26.3 Å². The highest BCUT2D eigenvalue weighted by atomic mass is 32.2. The van der Waals surface area contributed by atoms with Gasteiger partial charge in [-0.15, -0.1) is 0 Å². The van der Waals surface area contributed by atoms with Gasteiger partial charge in [0.05, 0.1) is 23.5 Å². The molecule has 23 heavy (non-hydrogen) atoms. The van der Waals surface area contributed by atoms with Crippen LogP contribution in [0.3, 0.4) is 0 Å². The molecule has 128 valence electrons. The minimum absolute atomic E-state index is 0.00368. The average molecular weight is 342 g/mol. The van der Waals surface area contributed by atoms with E-state index in [2.05, 4.69) is 15.0 Å². The van der Waals surface area contributed by atoms with Gasteiger partial charge in [0.15, 0.2) is 15.7 Å². The van der Waals surface area contributed by atoms with E-state index in [0.717, 1.165) is 0 Å². The molecule has 2 aliphatic rings. The molecule has 9 heteroatoms. The maximum Gasteiger partial charge on any atom is 0.243 e.